The fraction of sp³-hybridized carbons (Fsp3) is 0.652. The van der Waals surface area contributed by atoms with Crippen LogP contribution in [0.5, 0.6) is 0 Å². The summed E-state index contributed by atoms with van der Waals surface area (Å²) in [5, 5.41) is 0. The second-order valence-electron chi connectivity index (χ2n) is 8.18. The van der Waals surface area contributed by atoms with E-state index in [4.69, 9.17) is 4.74 Å². The molecular formula is C23H34O. The predicted octanol–water partition coefficient (Wildman–Crippen LogP) is 6.59. The minimum absolute atomic E-state index is 0.246. The van der Waals surface area contributed by atoms with Crippen molar-refractivity contribution in [2.45, 2.75) is 66.2 Å². The van der Waals surface area contributed by atoms with Crippen LogP contribution in [0.25, 0.3) is 0 Å². The minimum atomic E-state index is 0.246. The van der Waals surface area contributed by atoms with Gasteiger partial charge in [0.15, 0.2) is 0 Å². The van der Waals surface area contributed by atoms with E-state index in [2.05, 4.69) is 38.7 Å². The van der Waals surface area contributed by atoms with Crippen molar-refractivity contribution in [3.05, 3.63) is 47.3 Å². The van der Waals surface area contributed by atoms with E-state index in [0.717, 1.165) is 24.0 Å². The predicted molar refractivity (Wildman–Crippen MR) is 103 cm³/mol. The summed E-state index contributed by atoms with van der Waals surface area (Å²) in [5.74, 6) is 2.70. The zero-order chi connectivity index (χ0) is 17.5. The number of methoxy groups -OCH3 is 1. The molecule has 0 aromatic heterocycles. The number of allylic oxidation sites excluding steroid dienone is 7. The maximum atomic E-state index is 5.51. The molecule has 0 N–H and O–H groups in total. The van der Waals surface area contributed by atoms with Gasteiger partial charge in [-0.1, -0.05) is 57.6 Å². The first-order valence-corrected chi connectivity index (χ1v) is 9.83. The maximum Gasteiger partial charge on any atom is 0.0958 e. The average molecular weight is 327 g/mol. The van der Waals surface area contributed by atoms with Crippen LogP contribution in [-0.4, -0.2) is 7.11 Å². The Morgan fingerprint density at radius 2 is 1.92 bits per heavy atom. The quantitative estimate of drug-likeness (QED) is 0.494. The Labute approximate surface area is 148 Å². The highest BCUT2D eigenvalue weighted by molar-refractivity contribution is 5.46. The SMILES string of the molecule is C=C1CCC2C3CC=C4C=C(OC)CCC4(C)C3=CCC12C.CC. The van der Waals surface area contributed by atoms with Gasteiger partial charge in [-0.3, -0.25) is 0 Å². The molecule has 0 aliphatic heterocycles. The van der Waals surface area contributed by atoms with Crippen molar-refractivity contribution in [2.75, 3.05) is 7.11 Å². The van der Waals surface area contributed by atoms with Gasteiger partial charge < -0.3 is 4.74 Å². The first-order valence-electron chi connectivity index (χ1n) is 9.83. The molecule has 0 radical (unpaired) electrons. The molecule has 0 spiro atoms. The fourth-order valence-electron chi connectivity index (χ4n) is 5.69. The van der Waals surface area contributed by atoms with Crippen LogP contribution in [0.15, 0.2) is 47.3 Å². The third-order valence-corrected chi connectivity index (χ3v) is 7.33. The lowest BCUT2D eigenvalue weighted by molar-refractivity contribution is 0.158. The Hall–Kier alpha value is -1.24. The normalized spacial score (nSPS) is 40.0. The van der Waals surface area contributed by atoms with Gasteiger partial charge in [0.1, 0.15) is 0 Å². The first-order chi connectivity index (χ1) is 11.5. The number of hydrogen-bond acceptors (Lipinski definition) is 1. The van der Waals surface area contributed by atoms with Crippen LogP contribution in [0.3, 0.4) is 0 Å². The molecule has 0 heterocycles. The maximum absolute atomic E-state index is 5.51. The monoisotopic (exact) mass is 326 g/mol. The minimum Gasteiger partial charge on any atom is -0.501 e. The highest BCUT2D eigenvalue weighted by atomic mass is 16.5. The molecule has 132 valence electrons. The molecule has 1 fully saturated rings. The summed E-state index contributed by atoms with van der Waals surface area (Å²) >= 11 is 0. The van der Waals surface area contributed by atoms with Crippen molar-refractivity contribution in [2.24, 2.45) is 22.7 Å². The van der Waals surface area contributed by atoms with E-state index in [0.29, 0.717) is 5.41 Å². The number of rotatable bonds is 1. The van der Waals surface area contributed by atoms with E-state index >= 15 is 0 Å². The van der Waals surface area contributed by atoms with Gasteiger partial charge in [-0.15, -0.1) is 0 Å². The van der Waals surface area contributed by atoms with E-state index in [-0.39, 0.29) is 5.41 Å². The summed E-state index contributed by atoms with van der Waals surface area (Å²) < 4.78 is 5.51. The third kappa shape index (κ3) is 2.35. The zero-order valence-corrected chi connectivity index (χ0v) is 16.2. The molecule has 1 saturated carbocycles. The molecule has 0 aromatic rings. The molecule has 0 amide bonds. The van der Waals surface area contributed by atoms with Crippen molar-refractivity contribution in [3.63, 3.8) is 0 Å². The molecule has 4 atom stereocenters. The number of fused-ring (bicyclic) bond motifs is 5. The molecule has 1 nitrogen and oxygen atoms in total. The number of ether oxygens (including phenoxy) is 1. The zero-order valence-electron chi connectivity index (χ0n) is 16.2. The lowest BCUT2D eigenvalue weighted by Gasteiger charge is -2.51. The Bertz CT molecular complexity index is 620. The second kappa shape index (κ2) is 6.24. The molecule has 4 unspecified atom stereocenters. The molecular weight excluding hydrogens is 292 g/mol. The van der Waals surface area contributed by atoms with Crippen LogP contribution in [0.4, 0.5) is 0 Å². The highest BCUT2D eigenvalue weighted by Gasteiger charge is 2.52. The van der Waals surface area contributed by atoms with Gasteiger partial charge in [-0.2, -0.15) is 0 Å². The van der Waals surface area contributed by atoms with Crippen LogP contribution < -0.4 is 0 Å². The van der Waals surface area contributed by atoms with Gasteiger partial charge in [0, 0.05) is 11.8 Å². The summed E-state index contributed by atoms with van der Waals surface area (Å²) in [6.07, 6.45) is 14.7. The smallest absolute Gasteiger partial charge is 0.0958 e. The Morgan fingerprint density at radius 1 is 1.17 bits per heavy atom. The molecule has 0 bridgehead atoms. The fourth-order valence-corrected chi connectivity index (χ4v) is 5.69. The van der Waals surface area contributed by atoms with Crippen LogP contribution in [0.2, 0.25) is 0 Å². The second-order valence-corrected chi connectivity index (χ2v) is 8.18. The van der Waals surface area contributed by atoms with E-state index in [1.807, 2.05) is 13.8 Å². The van der Waals surface area contributed by atoms with Crippen molar-refractivity contribution >= 4 is 0 Å². The summed E-state index contributed by atoms with van der Waals surface area (Å²) in [6.45, 7) is 13.3. The van der Waals surface area contributed by atoms with E-state index in [9.17, 15) is 0 Å². The summed E-state index contributed by atoms with van der Waals surface area (Å²) in [6, 6.07) is 0. The van der Waals surface area contributed by atoms with E-state index in [1.54, 1.807) is 12.7 Å². The molecule has 0 saturated heterocycles. The standard InChI is InChI=1S/C21H28O.C2H6/c1-14-5-8-18-17-7-6-15-13-16(22-4)9-11-21(15,3)19(17)10-12-20(14,18)2;1-2/h6,10,13,17-18H,1,5,7-9,11-12H2,2-4H3;1-2H3. The molecule has 4 aliphatic rings. The van der Waals surface area contributed by atoms with Gasteiger partial charge >= 0.3 is 0 Å². The van der Waals surface area contributed by atoms with Gasteiger partial charge in [0.2, 0.25) is 0 Å². The van der Waals surface area contributed by atoms with E-state index in [1.165, 1.54) is 43.3 Å². The van der Waals surface area contributed by atoms with Gasteiger partial charge in [0.05, 0.1) is 12.9 Å². The van der Waals surface area contributed by atoms with Gasteiger partial charge in [0.25, 0.3) is 0 Å². The Morgan fingerprint density at radius 3 is 2.62 bits per heavy atom. The molecule has 24 heavy (non-hydrogen) atoms. The van der Waals surface area contributed by atoms with Crippen molar-refractivity contribution in [3.8, 4) is 0 Å². The first kappa shape index (κ1) is 17.6. The lowest BCUT2D eigenvalue weighted by Crippen LogP contribution is -2.41. The average Bonchev–Trinajstić information content (AvgIpc) is 2.91. The van der Waals surface area contributed by atoms with Crippen LogP contribution in [0, 0.1) is 22.7 Å². The Balaban J connectivity index is 0.000000815. The molecule has 4 aliphatic carbocycles. The van der Waals surface area contributed by atoms with Crippen molar-refractivity contribution < 1.29 is 4.74 Å². The lowest BCUT2D eigenvalue weighted by atomic mass is 9.53. The van der Waals surface area contributed by atoms with Crippen molar-refractivity contribution in [1.29, 1.82) is 0 Å². The number of hydrogen-bond donors (Lipinski definition) is 0. The summed E-state index contributed by atoms with van der Waals surface area (Å²) in [7, 11) is 1.80. The van der Waals surface area contributed by atoms with Gasteiger partial charge in [-0.05, 0) is 61.0 Å². The molecule has 1 heteroatoms. The topological polar surface area (TPSA) is 9.23 Å². The highest BCUT2D eigenvalue weighted by Crippen LogP contribution is 2.63. The summed E-state index contributed by atoms with van der Waals surface area (Å²) in [4.78, 5) is 0. The molecule has 0 aromatic carbocycles. The van der Waals surface area contributed by atoms with Crippen LogP contribution >= 0.6 is 0 Å². The third-order valence-electron chi connectivity index (χ3n) is 7.33. The molecule has 4 rings (SSSR count). The van der Waals surface area contributed by atoms with Crippen LogP contribution in [0.1, 0.15) is 66.2 Å². The van der Waals surface area contributed by atoms with Gasteiger partial charge in [-0.25, -0.2) is 0 Å². The van der Waals surface area contributed by atoms with Crippen LogP contribution in [-0.2, 0) is 4.74 Å². The summed E-state index contributed by atoms with van der Waals surface area (Å²) in [5.41, 5.74) is 5.33. The van der Waals surface area contributed by atoms with Crippen molar-refractivity contribution in [1.82, 2.24) is 0 Å². The Kier molecular flexibility index (Phi) is 4.57. The largest absolute Gasteiger partial charge is 0.501 e. The van der Waals surface area contributed by atoms with E-state index < -0.39 is 0 Å².